The Morgan fingerprint density at radius 3 is 2.80 bits per heavy atom. The lowest BCUT2D eigenvalue weighted by molar-refractivity contribution is -0.142. The lowest BCUT2D eigenvalue weighted by Crippen LogP contribution is -2.26. The average molecular weight is 272 g/mol. The summed E-state index contributed by atoms with van der Waals surface area (Å²) in [5.41, 5.74) is 2.02. The molecule has 1 atom stereocenters. The molecule has 2 heterocycles. The van der Waals surface area contributed by atoms with E-state index in [2.05, 4.69) is 4.98 Å². The second kappa shape index (κ2) is 5.00. The van der Waals surface area contributed by atoms with Crippen LogP contribution in [0.5, 0.6) is 5.75 Å². The summed E-state index contributed by atoms with van der Waals surface area (Å²) in [6.07, 6.45) is 4.01. The van der Waals surface area contributed by atoms with Gasteiger partial charge in [-0.1, -0.05) is 12.1 Å². The number of aliphatic carboxylic acids is 1. The molecule has 5 nitrogen and oxygen atoms in total. The van der Waals surface area contributed by atoms with Crippen molar-refractivity contribution < 1.29 is 15.0 Å². The van der Waals surface area contributed by atoms with Crippen LogP contribution in [0.25, 0.3) is 0 Å². The highest BCUT2D eigenvalue weighted by atomic mass is 16.4. The lowest BCUT2D eigenvalue weighted by atomic mass is 10.00. The molecule has 1 aliphatic heterocycles. The third-order valence-corrected chi connectivity index (χ3v) is 3.71. The van der Waals surface area contributed by atoms with Crippen LogP contribution in [-0.2, 0) is 24.2 Å². The maximum Gasteiger partial charge on any atom is 0.308 e. The van der Waals surface area contributed by atoms with E-state index < -0.39 is 5.97 Å². The lowest BCUT2D eigenvalue weighted by Gasteiger charge is -2.19. The van der Waals surface area contributed by atoms with Crippen LogP contribution in [0.4, 0.5) is 0 Å². The van der Waals surface area contributed by atoms with Crippen molar-refractivity contribution in [2.45, 2.75) is 25.8 Å². The van der Waals surface area contributed by atoms with E-state index in [4.69, 9.17) is 5.11 Å². The number of phenols is 1. The number of benzene rings is 1. The fourth-order valence-corrected chi connectivity index (χ4v) is 2.61. The standard InChI is InChI=1S/C15H16N2O3/c18-13-4-1-10(2-5-13)7-12-9-17-8-11(15(19)20)3-6-14(17)16-12/h1-2,4-5,9,11,18H,3,6-8H2,(H,19,20). The normalized spacial score (nSPS) is 17.7. The van der Waals surface area contributed by atoms with Crippen LogP contribution in [0.1, 0.15) is 23.5 Å². The highest BCUT2D eigenvalue weighted by Crippen LogP contribution is 2.21. The minimum Gasteiger partial charge on any atom is -0.508 e. The van der Waals surface area contributed by atoms with Crippen molar-refractivity contribution in [1.82, 2.24) is 9.55 Å². The van der Waals surface area contributed by atoms with Crippen molar-refractivity contribution in [2.24, 2.45) is 5.92 Å². The molecule has 1 aliphatic rings. The zero-order valence-corrected chi connectivity index (χ0v) is 11.0. The summed E-state index contributed by atoms with van der Waals surface area (Å²) in [6, 6.07) is 7.05. The Morgan fingerprint density at radius 2 is 2.10 bits per heavy atom. The second-order valence-electron chi connectivity index (χ2n) is 5.22. The molecule has 0 saturated carbocycles. The number of carboxylic acid groups (broad SMARTS) is 1. The predicted octanol–water partition coefficient (Wildman–Crippen LogP) is 1.83. The van der Waals surface area contributed by atoms with Crippen LogP contribution in [-0.4, -0.2) is 25.7 Å². The molecular weight excluding hydrogens is 256 g/mol. The molecule has 1 unspecified atom stereocenters. The van der Waals surface area contributed by atoms with Crippen LogP contribution >= 0.6 is 0 Å². The van der Waals surface area contributed by atoms with E-state index in [0.717, 1.165) is 17.1 Å². The van der Waals surface area contributed by atoms with Gasteiger partial charge in [-0.2, -0.15) is 0 Å². The molecule has 2 N–H and O–H groups in total. The van der Waals surface area contributed by atoms with E-state index in [0.29, 0.717) is 25.8 Å². The van der Waals surface area contributed by atoms with Crippen LogP contribution in [0, 0.1) is 5.92 Å². The summed E-state index contributed by atoms with van der Waals surface area (Å²) in [5.74, 6) is 0.182. The highest BCUT2D eigenvalue weighted by molar-refractivity contribution is 5.70. The van der Waals surface area contributed by atoms with Gasteiger partial charge in [0.1, 0.15) is 11.6 Å². The van der Waals surface area contributed by atoms with Gasteiger partial charge in [-0.05, 0) is 24.1 Å². The van der Waals surface area contributed by atoms with Gasteiger partial charge >= 0.3 is 5.97 Å². The number of fused-ring (bicyclic) bond motifs is 1. The topological polar surface area (TPSA) is 75.3 Å². The van der Waals surface area contributed by atoms with Gasteiger partial charge in [0, 0.05) is 25.6 Å². The van der Waals surface area contributed by atoms with Crippen molar-refractivity contribution in [1.29, 1.82) is 0 Å². The first kappa shape index (κ1) is 12.7. The Morgan fingerprint density at radius 1 is 1.35 bits per heavy atom. The van der Waals surface area contributed by atoms with Crippen molar-refractivity contribution in [2.75, 3.05) is 0 Å². The fraction of sp³-hybridized carbons (Fsp3) is 0.333. The van der Waals surface area contributed by atoms with Gasteiger partial charge < -0.3 is 14.8 Å². The molecule has 0 radical (unpaired) electrons. The molecular formula is C15H16N2O3. The van der Waals surface area contributed by atoms with Gasteiger partial charge in [-0.3, -0.25) is 4.79 Å². The van der Waals surface area contributed by atoms with Crippen LogP contribution < -0.4 is 0 Å². The molecule has 1 aromatic heterocycles. The molecule has 20 heavy (non-hydrogen) atoms. The van der Waals surface area contributed by atoms with Crippen LogP contribution in [0.15, 0.2) is 30.5 Å². The molecule has 5 heteroatoms. The largest absolute Gasteiger partial charge is 0.508 e. The third-order valence-electron chi connectivity index (χ3n) is 3.71. The van der Waals surface area contributed by atoms with Gasteiger partial charge in [-0.15, -0.1) is 0 Å². The SMILES string of the molecule is O=C(O)C1CCc2nc(Cc3ccc(O)cc3)cn2C1. The van der Waals surface area contributed by atoms with E-state index >= 15 is 0 Å². The molecule has 0 spiro atoms. The number of aromatic nitrogens is 2. The van der Waals surface area contributed by atoms with Gasteiger partial charge in [0.05, 0.1) is 11.6 Å². The van der Waals surface area contributed by atoms with Crippen molar-refractivity contribution in [3.63, 3.8) is 0 Å². The molecule has 0 amide bonds. The molecule has 1 aromatic carbocycles. The Labute approximate surface area is 116 Å². The molecule has 3 rings (SSSR count). The number of hydrogen-bond acceptors (Lipinski definition) is 3. The Hall–Kier alpha value is -2.30. The Kier molecular flexibility index (Phi) is 3.18. The summed E-state index contributed by atoms with van der Waals surface area (Å²) < 4.78 is 1.96. The Balaban J connectivity index is 1.77. The molecule has 0 saturated heterocycles. The van der Waals surface area contributed by atoms with Crippen molar-refractivity contribution in [3.05, 3.63) is 47.5 Å². The van der Waals surface area contributed by atoms with E-state index in [1.54, 1.807) is 12.1 Å². The number of hydrogen-bond donors (Lipinski definition) is 2. The van der Waals surface area contributed by atoms with E-state index in [1.807, 2.05) is 22.9 Å². The van der Waals surface area contributed by atoms with Crippen LogP contribution in [0.2, 0.25) is 0 Å². The molecule has 0 fully saturated rings. The summed E-state index contributed by atoms with van der Waals surface area (Å²) in [7, 11) is 0. The number of carboxylic acids is 1. The zero-order valence-electron chi connectivity index (χ0n) is 11.0. The maximum atomic E-state index is 11.0. The van der Waals surface area contributed by atoms with Crippen LogP contribution in [0.3, 0.4) is 0 Å². The van der Waals surface area contributed by atoms with Crippen molar-refractivity contribution in [3.8, 4) is 5.75 Å². The summed E-state index contributed by atoms with van der Waals surface area (Å²) in [4.78, 5) is 15.6. The Bertz CT molecular complexity index is 631. The summed E-state index contributed by atoms with van der Waals surface area (Å²) in [6.45, 7) is 0.507. The third kappa shape index (κ3) is 2.52. The van der Waals surface area contributed by atoms with Gasteiger partial charge in [0.15, 0.2) is 0 Å². The quantitative estimate of drug-likeness (QED) is 0.893. The molecule has 104 valence electrons. The highest BCUT2D eigenvalue weighted by Gasteiger charge is 2.25. The zero-order chi connectivity index (χ0) is 14.1. The van der Waals surface area contributed by atoms with E-state index in [9.17, 15) is 9.90 Å². The molecule has 0 bridgehead atoms. The average Bonchev–Trinajstić information content (AvgIpc) is 2.82. The van der Waals surface area contributed by atoms with Gasteiger partial charge in [-0.25, -0.2) is 4.98 Å². The molecule has 0 aliphatic carbocycles. The minimum atomic E-state index is -0.732. The van der Waals surface area contributed by atoms with Gasteiger partial charge in [0.25, 0.3) is 0 Å². The van der Waals surface area contributed by atoms with E-state index in [-0.39, 0.29) is 11.7 Å². The maximum absolute atomic E-state index is 11.0. The van der Waals surface area contributed by atoms with Crippen molar-refractivity contribution >= 4 is 5.97 Å². The molecule has 2 aromatic rings. The number of carbonyl (C=O) groups is 1. The number of rotatable bonds is 3. The number of nitrogens with zero attached hydrogens (tertiary/aromatic N) is 2. The number of aryl methyl sites for hydroxylation is 1. The second-order valence-corrected chi connectivity index (χ2v) is 5.22. The number of phenolic OH excluding ortho intramolecular Hbond substituents is 1. The number of imidazole rings is 1. The number of aromatic hydroxyl groups is 1. The smallest absolute Gasteiger partial charge is 0.308 e. The van der Waals surface area contributed by atoms with Gasteiger partial charge in [0.2, 0.25) is 0 Å². The predicted molar refractivity (Wildman–Crippen MR) is 72.6 cm³/mol. The minimum absolute atomic E-state index is 0.252. The summed E-state index contributed by atoms with van der Waals surface area (Å²) in [5, 5.41) is 18.3. The monoisotopic (exact) mass is 272 g/mol. The fourth-order valence-electron chi connectivity index (χ4n) is 2.61. The van der Waals surface area contributed by atoms with E-state index in [1.165, 1.54) is 0 Å². The first-order valence-electron chi connectivity index (χ1n) is 6.67. The first-order valence-corrected chi connectivity index (χ1v) is 6.67. The summed E-state index contributed by atoms with van der Waals surface area (Å²) >= 11 is 0. The first-order chi connectivity index (χ1) is 9.61.